The number of benzene rings is 1. The summed E-state index contributed by atoms with van der Waals surface area (Å²) in [7, 11) is 0. The van der Waals surface area contributed by atoms with Crippen LogP contribution >= 0.6 is 11.3 Å². The molecule has 3 heteroatoms. The molecule has 2 aromatic rings. The lowest BCUT2D eigenvalue weighted by molar-refractivity contribution is 0.246. The molecule has 0 saturated heterocycles. The first-order chi connectivity index (χ1) is 9.35. The van der Waals surface area contributed by atoms with Crippen molar-refractivity contribution in [3.63, 3.8) is 0 Å². The Bertz CT molecular complexity index is 502. The van der Waals surface area contributed by atoms with Crippen molar-refractivity contribution in [3.8, 4) is 0 Å². The molecule has 0 aliphatic heterocycles. The van der Waals surface area contributed by atoms with Gasteiger partial charge in [-0.3, -0.25) is 4.90 Å². The highest BCUT2D eigenvalue weighted by Gasteiger charge is 2.28. The highest BCUT2D eigenvalue weighted by Crippen LogP contribution is 2.30. The molecule has 0 amide bonds. The average molecular weight is 273 g/mol. The van der Waals surface area contributed by atoms with Crippen molar-refractivity contribution < 1.29 is 5.11 Å². The van der Waals surface area contributed by atoms with E-state index in [1.807, 2.05) is 12.1 Å². The van der Waals surface area contributed by atoms with Gasteiger partial charge in [0.15, 0.2) is 0 Å². The summed E-state index contributed by atoms with van der Waals surface area (Å²) in [5.41, 5.74) is 3.74. The van der Waals surface area contributed by atoms with Gasteiger partial charge in [-0.05, 0) is 46.4 Å². The van der Waals surface area contributed by atoms with Gasteiger partial charge in [0.2, 0.25) is 0 Å². The molecule has 1 heterocycles. The summed E-state index contributed by atoms with van der Waals surface area (Å²) in [6.45, 7) is 2.18. The molecule has 19 heavy (non-hydrogen) atoms. The molecule has 1 aromatic heterocycles. The monoisotopic (exact) mass is 273 g/mol. The number of hydrogen-bond acceptors (Lipinski definition) is 3. The lowest BCUT2D eigenvalue weighted by atomic mass is 10.1. The summed E-state index contributed by atoms with van der Waals surface area (Å²) < 4.78 is 0. The van der Waals surface area contributed by atoms with Crippen LogP contribution in [0.25, 0.3) is 0 Å². The minimum Gasteiger partial charge on any atom is -0.392 e. The summed E-state index contributed by atoms with van der Waals surface area (Å²) >= 11 is 1.77. The maximum atomic E-state index is 9.07. The van der Waals surface area contributed by atoms with Crippen molar-refractivity contribution in [1.29, 1.82) is 0 Å². The zero-order chi connectivity index (χ0) is 13.1. The molecule has 1 N–H and O–H groups in total. The van der Waals surface area contributed by atoms with Crippen LogP contribution < -0.4 is 0 Å². The first kappa shape index (κ1) is 12.9. The molecule has 1 aliphatic rings. The lowest BCUT2D eigenvalue weighted by Gasteiger charge is -2.21. The topological polar surface area (TPSA) is 23.5 Å². The van der Waals surface area contributed by atoms with Gasteiger partial charge in [0.25, 0.3) is 0 Å². The van der Waals surface area contributed by atoms with Crippen LogP contribution in [0.4, 0.5) is 0 Å². The fraction of sp³-hybridized carbons (Fsp3) is 0.375. The van der Waals surface area contributed by atoms with Crippen molar-refractivity contribution in [2.75, 3.05) is 0 Å². The molecule has 0 spiro atoms. The van der Waals surface area contributed by atoms with Crippen LogP contribution in [-0.2, 0) is 19.7 Å². The molecule has 0 bridgehead atoms. The largest absolute Gasteiger partial charge is 0.392 e. The van der Waals surface area contributed by atoms with E-state index in [0.717, 1.165) is 24.7 Å². The Kier molecular flexibility index (Phi) is 3.97. The van der Waals surface area contributed by atoms with E-state index in [4.69, 9.17) is 5.11 Å². The number of nitrogens with zero attached hydrogens (tertiary/aromatic N) is 1. The maximum absolute atomic E-state index is 9.07. The third-order valence-electron chi connectivity index (χ3n) is 3.62. The molecule has 2 nitrogen and oxygen atoms in total. The standard InChI is InChI=1S/C16H19NOS/c18-11-14-3-1-13(2-4-14)9-17(16-5-6-16)10-15-7-8-19-12-15/h1-4,7-8,12,16,18H,5-6,9-11H2. The summed E-state index contributed by atoms with van der Waals surface area (Å²) in [6, 6.07) is 11.3. The molecule has 0 atom stereocenters. The molecule has 100 valence electrons. The van der Waals surface area contributed by atoms with Crippen LogP contribution in [0.5, 0.6) is 0 Å². The second-order valence-corrected chi connectivity index (χ2v) is 6.02. The molecule has 0 unspecified atom stereocenters. The van der Waals surface area contributed by atoms with Crippen LogP contribution in [0, 0.1) is 0 Å². The van der Waals surface area contributed by atoms with Crippen molar-refractivity contribution in [1.82, 2.24) is 4.90 Å². The third kappa shape index (κ3) is 3.44. The number of rotatable bonds is 6. The Morgan fingerprint density at radius 2 is 1.68 bits per heavy atom. The van der Waals surface area contributed by atoms with Crippen molar-refractivity contribution in [2.45, 2.75) is 38.6 Å². The number of aliphatic hydroxyl groups is 1. The van der Waals surface area contributed by atoms with Crippen LogP contribution in [0.15, 0.2) is 41.1 Å². The minimum absolute atomic E-state index is 0.127. The highest BCUT2D eigenvalue weighted by atomic mass is 32.1. The van der Waals surface area contributed by atoms with E-state index < -0.39 is 0 Å². The highest BCUT2D eigenvalue weighted by molar-refractivity contribution is 7.07. The number of hydrogen-bond donors (Lipinski definition) is 1. The Morgan fingerprint density at radius 1 is 1.00 bits per heavy atom. The van der Waals surface area contributed by atoms with Gasteiger partial charge in [-0.25, -0.2) is 0 Å². The van der Waals surface area contributed by atoms with Crippen LogP contribution in [0.1, 0.15) is 29.5 Å². The normalized spacial score (nSPS) is 15.1. The van der Waals surface area contributed by atoms with Crippen LogP contribution in [0.2, 0.25) is 0 Å². The molecular formula is C16H19NOS. The van der Waals surface area contributed by atoms with E-state index in [2.05, 4.69) is 33.9 Å². The van der Waals surface area contributed by atoms with E-state index in [1.165, 1.54) is 24.0 Å². The quantitative estimate of drug-likeness (QED) is 0.872. The minimum atomic E-state index is 0.127. The van der Waals surface area contributed by atoms with Crippen LogP contribution in [0.3, 0.4) is 0 Å². The molecule has 1 saturated carbocycles. The second-order valence-electron chi connectivity index (χ2n) is 5.24. The van der Waals surface area contributed by atoms with E-state index in [9.17, 15) is 0 Å². The van der Waals surface area contributed by atoms with Gasteiger partial charge < -0.3 is 5.11 Å². The Labute approximate surface area is 118 Å². The van der Waals surface area contributed by atoms with E-state index >= 15 is 0 Å². The zero-order valence-electron chi connectivity index (χ0n) is 11.0. The van der Waals surface area contributed by atoms with Gasteiger partial charge >= 0.3 is 0 Å². The Balaban J connectivity index is 1.66. The van der Waals surface area contributed by atoms with E-state index in [-0.39, 0.29) is 6.61 Å². The fourth-order valence-corrected chi connectivity index (χ4v) is 3.02. The predicted molar refractivity (Wildman–Crippen MR) is 79.0 cm³/mol. The summed E-state index contributed by atoms with van der Waals surface area (Å²) in [6.07, 6.45) is 2.66. The third-order valence-corrected chi connectivity index (χ3v) is 4.35. The van der Waals surface area contributed by atoms with Gasteiger partial charge in [0.05, 0.1) is 6.61 Å². The first-order valence-electron chi connectivity index (χ1n) is 6.79. The predicted octanol–water partition coefficient (Wildman–Crippen LogP) is 3.41. The van der Waals surface area contributed by atoms with Crippen molar-refractivity contribution in [2.24, 2.45) is 0 Å². The van der Waals surface area contributed by atoms with Gasteiger partial charge in [0.1, 0.15) is 0 Å². The SMILES string of the molecule is OCc1ccc(CN(Cc2ccsc2)C2CC2)cc1. The molecule has 1 fully saturated rings. The fourth-order valence-electron chi connectivity index (χ4n) is 2.36. The molecule has 1 aliphatic carbocycles. The van der Waals surface area contributed by atoms with E-state index in [0.29, 0.717) is 0 Å². The molecule has 3 rings (SSSR count). The number of thiophene rings is 1. The van der Waals surface area contributed by atoms with Gasteiger partial charge in [0, 0.05) is 19.1 Å². The maximum Gasteiger partial charge on any atom is 0.0681 e. The Morgan fingerprint density at radius 3 is 2.26 bits per heavy atom. The van der Waals surface area contributed by atoms with Crippen molar-refractivity contribution >= 4 is 11.3 Å². The smallest absolute Gasteiger partial charge is 0.0681 e. The van der Waals surface area contributed by atoms with Crippen molar-refractivity contribution in [3.05, 3.63) is 57.8 Å². The second kappa shape index (κ2) is 5.87. The van der Waals surface area contributed by atoms with Gasteiger partial charge in [-0.1, -0.05) is 24.3 Å². The Hall–Kier alpha value is -1.16. The zero-order valence-corrected chi connectivity index (χ0v) is 11.8. The molecule has 0 radical (unpaired) electrons. The molecule has 1 aromatic carbocycles. The summed E-state index contributed by atoms with van der Waals surface area (Å²) in [5, 5.41) is 13.5. The average Bonchev–Trinajstić information content (AvgIpc) is 3.17. The van der Waals surface area contributed by atoms with Gasteiger partial charge in [-0.15, -0.1) is 0 Å². The van der Waals surface area contributed by atoms with E-state index in [1.54, 1.807) is 11.3 Å². The molecular weight excluding hydrogens is 254 g/mol. The van der Waals surface area contributed by atoms with Crippen LogP contribution in [-0.4, -0.2) is 16.0 Å². The first-order valence-corrected chi connectivity index (χ1v) is 7.73. The number of aliphatic hydroxyl groups excluding tert-OH is 1. The summed E-state index contributed by atoms with van der Waals surface area (Å²) in [4.78, 5) is 2.57. The summed E-state index contributed by atoms with van der Waals surface area (Å²) in [5.74, 6) is 0. The lowest BCUT2D eigenvalue weighted by Crippen LogP contribution is -2.24. The van der Waals surface area contributed by atoms with Gasteiger partial charge in [-0.2, -0.15) is 11.3 Å².